The standard InChI is InChI=1S/C24H36N4O4/c1-5-27(6-2)24(31)21-16-19(23(30)28(18(21)3)14-9-15-32-4)17-22(29)26-13-11-20-10-7-8-12-25-20/h7-8,10,12,19H,5-6,9,11,13-17H2,1-4H3,(H,26,29). The fourth-order valence-corrected chi connectivity index (χ4v) is 3.95. The molecule has 0 radical (unpaired) electrons. The molecule has 1 aromatic heterocycles. The van der Waals surface area contributed by atoms with Crippen molar-refractivity contribution >= 4 is 17.7 Å². The van der Waals surface area contributed by atoms with Gasteiger partial charge in [0.25, 0.3) is 5.91 Å². The lowest BCUT2D eigenvalue weighted by molar-refractivity contribution is -0.138. The zero-order valence-corrected chi connectivity index (χ0v) is 19.7. The molecule has 0 aromatic carbocycles. The molecule has 32 heavy (non-hydrogen) atoms. The maximum atomic E-state index is 13.2. The van der Waals surface area contributed by atoms with Crippen LogP contribution in [0.2, 0.25) is 0 Å². The Hall–Kier alpha value is -2.74. The zero-order chi connectivity index (χ0) is 23.5. The van der Waals surface area contributed by atoms with E-state index < -0.39 is 5.92 Å². The predicted octanol–water partition coefficient (Wildman–Crippen LogP) is 2.16. The first-order valence-corrected chi connectivity index (χ1v) is 11.4. The maximum Gasteiger partial charge on any atom is 0.251 e. The molecule has 1 aliphatic heterocycles. The molecule has 8 heteroatoms. The van der Waals surface area contributed by atoms with E-state index in [-0.39, 0.29) is 30.6 Å². The van der Waals surface area contributed by atoms with Crippen molar-refractivity contribution in [1.82, 2.24) is 20.1 Å². The summed E-state index contributed by atoms with van der Waals surface area (Å²) in [5, 5.41) is 2.89. The summed E-state index contributed by atoms with van der Waals surface area (Å²) in [6, 6.07) is 5.67. The lowest BCUT2D eigenvalue weighted by Gasteiger charge is -2.36. The SMILES string of the molecule is CCN(CC)C(=O)C1=C(C)N(CCCOC)C(=O)C(CC(=O)NCCc2ccccn2)C1. The molecular formula is C24H36N4O4. The van der Waals surface area contributed by atoms with Gasteiger partial charge in [0.15, 0.2) is 0 Å². The summed E-state index contributed by atoms with van der Waals surface area (Å²) in [7, 11) is 1.62. The molecule has 1 unspecified atom stereocenters. The van der Waals surface area contributed by atoms with Crippen LogP contribution in [0.4, 0.5) is 0 Å². The average Bonchev–Trinajstić information content (AvgIpc) is 2.79. The van der Waals surface area contributed by atoms with Gasteiger partial charge in [-0.25, -0.2) is 0 Å². The van der Waals surface area contributed by atoms with Crippen LogP contribution in [-0.4, -0.2) is 72.4 Å². The number of ether oxygens (including phenoxy) is 1. The van der Waals surface area contributed by atoms with E-state index in [4.69, 9.17) is 4.74 Å². The fourth-order valence-electron chi connectivity index (χ4n) is 3.95. The molecule has 1 aliphatic rings. The summed E-state index contributed by atoms with van der Waals surface area (Å²) in [6.07, 6.45) is 3.35. The van der Waals surface area contributed by atoms with E-state index >= 15 is 0 Å². The van der Waals surface area contributed by atoms with Gasteiger partial charge in [-0.15, -0.1) is 0 Å². The van der Waals surface area contributed by atoms with Crippen LogP contribution in [0, 0.1) is 5.92 Å². The van der Waals surface area contributed by atoms with E-state index in [1.165, 1.54) is 0 Å². The molecule has 0 fully saturated rings. The number of methoxy groups -OCH3 is 1. The summed E-state index contributed by atoms with van der Waals surface area (Å²) in [5.74, 6) is -0.900. The van der Waals surface area contributed by atoms with Crippen molar-refractivity contribution in [1.29, 1.82) is 0 Å². The lowest BCUT2D eigenvalue weighted by atomic mass is 9.88. The largest absolute Gasteiger partial charge is 0.385 e. The van der Waals surface area contributed by atoms with E-state index in [1.54, 1.807) is 23.1 Å². The number of allylic oxidation sites excluding steroid dienone is 1. The van der Waals surface area contributed by atoms with Gasteiger partial charge in [-0.3, -0.25) is 19.4 Å². The highest BCUT2D eigenvalue weighted by atomic mass is 16.5. The number of aromatic nitrogens is 1. The molecule has 8 nitrogen and oxygen atoms in total. The number of rotatable bonds is 12. The first-order valence-electron chi connectivity index (χ1n) is 11.4. The summed E-state index contributed by atoms with van der Waals surface area (Å²) in [4.78, 5) is 46.5. The maximum absolute atomic E-state index is 13.2. The van der Waals surface area contributed by atoms with Crippen molar-refractivity contribution in [2.45, 2.75) is 46.5 Å². The van der Waals surface area contributed by atoms with Gasteiger partial charge >= 0.3 is 0 Å². The number of nitrogens with one attached hydrogen (secondary N) is 1. The second-order valence-electron chi connectivity index (χ2n) is 7.90. The quantitative estimate of drug-likeness (QED) is 0.499. The molecule has 2 heterocycles. The van der Waals surface area contributed by atoms with Gasteiger partial charge in [0.2, 0.25) is 11.8 Å². The average molecular weight is 445 g/mol. The molecule has 3 amide bonds. The predicted molar refractivity (Wildman–Crippen MR) is 123 cm³/mol. The lowest BCUT2D eigenvalue weighted by Crippen LogP contribution is -2.45. The summed E-state index contributed by atoms with van der Waals surface area (Å²) in [6.45, 7) is 8.34. The Kier molecular flexibility index (Phi) is 10.3. The topological polar surface area (TPSA) is 91.8 Å². The van der Waals surface area contributed by atoms with Crippen LogP contribution in [0.15, 0.2) is 35.7 Å². The zero-order valence-electron chi connectivity index (χ0n) is 19.7. The number of carbonyl (C=O) groups excluding carboxylic acids is 3. The minimum atomic E-state index is -0.550. The molecule has 0 bridgehead atoms. The van der Waals surface area contributed by atoms with E-state index in [2.05, 4.69) is 10.3 Å². The molecule has 0 saturated carbocycles. The normalized spacial score (nSPS) is 16.3. The summed E-state index contributed by atoms with van der Waals surface area (Å²) >= 11 is 0. The van der Waals surface area contributed by atoms with Crippen LogP contribution in [0.1, 0.15) is 45.7 Å². The van der Waals surface area contributed by atoms with Crippen molar-refractivity contribution in [3.63, 3.8) is 0 Å². The Labute approximate surface area is 191 Å². The Bertz CT molecular complexity index is 805. The Morgan fingerprint density at radius 2 is 2.03 bits per heavy atom. The highest BCUT2D eigenvalue weighted by molar-refractivity contribution is 5.98. The number of hydrogen-bond donors (Lipinski definition) is 1. The van der Waals surface area contributed by atoms with Crippen molar-refractivity contribution in [2.75, 3.05) is 39.9 Å². The third-order valence-corrected chi connectivity index (χ3v) is 5.81. The van der Waals surface area contributed by atoms with Gasteiger partial charge in [-0.1, -0.05) is 6.07 Å². The summed E-state index contributed by atoms with van der Waals surface area (Å²) < 4.78 is 5.12. The van der Waals surface area contributed by atoms with Crippen molar-refractivity contribution in [2.24, 2.45) is 5.92 Å². The molecule has 0 spiro atoms. The smallest absolute Gasteiger partial charge is 0.251 e. The minimum absolute atomic E-state index is 0.0581. The first kappa shape index (κ1) is 25.5. The van der Waals surface area contributed by atoms with Gasteiger partial charge in [-0.05, 0) is 45.7 Å². The molecule has 0 saturated heterocycles. The Morgan fingerprint density at radius 1 is 1.28 bits per heavy atom. The first-order chi connectivity index (χ1) is 15.4. The van der Waals surface area contributed by atoms with Crippen LogP contribution >= 0.6 is 0 Å². The third kappa shape index (κ3) is 6.88. The van der Waals surface area contributed by atoms with Crippen LogP contribution in [0.25, 0.3) is 0 Å². The van der Waals surface area contributed by atoms with Crippen molar-refractivity contribution in [3.05, 3.63) is 41.4 Å². The molecule has 1 atom stereocenters. The Balaban J connectivity index is 2.09. The van der Waals surface area contributed by atoms with Crippen LogP contribution < -0.4 is 5.32 Å². The van der Waals surface area contributed by atoms with E-state index in [0.717, 1.165) is 5.69 Å². The van der Waals surface area contributed by atoms with E-state index in [1.807, 2.05) is 39.0 Å². The van der Waals surface area contributed by atoms with Crippen LogP contribution in [0.3, 0.4) is 0 Å². The number of hydrogen-bond acceptors (Lipinski definition) is 5. The van der Waals surface area contributed by atoms with Gasteiger partial charge in [0.1, 0.15) is 0 Å². The minimum Gasteiger partial charge on any atom is -0.385 e. The number of carbonyl (C=O) groups is 3. The van der Waals surface area contributed by atoms with Gasteiger partial charge in [0.05, 0.1) is 5.92 Å². The number of likely N-dealkylation sites (N-methyl/N-ethyl adjacent to an activating group) is 1. The van der Waals surface area contributed by atoms with Crippen LogP contribution in [-0.2, 0) is 25.5 Å². The number of nitrogens with zero attached hydrogens (tertiary/aromatic N) is 3. The second-order valence-corrected chi connectivity index (χ2v) is 7.90. The van der Waals surface area contributed by atoms with Gasteiger partial charge < -0.3 is 19.9 Å². The highest BCUT2D eigenvalue weighted by Crippen LogP contribution is 2.31. The molecule has 2 rings (SSSR count). The molecule has 0 aliphatic carbocycles. The highest BCUT2D eigenvalue weighted by Gasteiger charge is 2.37. The molecular weight excluding hydrogens is 408 g/mol. The molecule has 1 N–H and O–H groups in total. The second kappa shape index (κ2) is 13.0. The summed E-state index contributed by atoms with van der Waals surface area (Å²) in [5.41, 5.74) is 2.21. The molecule has 1 aromatic rings. The fraction of sp³-hybridized carbons (Fsp3) is 0.583. The monoisotopic (exact) mass is 444 g/mol. The Morgan fingerprint density at radius 3 is 2.66 bits per heavy atom. The number of amides is 3. The van der Waals surface area contributed by atoms with Crippen LogP contribution in [0.5, 0.6) is 0 Å². The van der Waals surface area contributed by atoms with Crippen molar-refractivity contribution < 1.29 is 19.1 Å². The molecule has 176 valence electrons. The van der Waals surface area contributed by atoms with Crippen molar-refractivity contribution in [3.8, 4) is 0 Å². The van der Waals surface area contributed by atoms with Gasteiger partial charge in [0, 0.05) is 75.9 Å². The number of pyridine rings is 1. The van der Waals surface area contributed by atoms with E-state index in [0.29, 0.717) is 56.9 Å². The third-order valence-electron chi connectivity index (χ3n) is 5.81. The van der Waals surface area contributed by atoms with Gasteiger partial charge in [-0.2, -0.15) is 0 Å². The van der Waals surface area contributed by atoms with E-state index in [9.17, 15) is 14.4 Å².